The Kier molecular flexibility index (Phi) is 4.66. The third kappa shape index (κ3) is 3.64. The summed E-state index contributed by atoms with van der Waals surface area (Å²) < 4.78 is 0. The minimum Gasteiger partial charge on any atom is -0.393 e. The summed E-state index contributed by atoms with van der Waals surface area (Å²) >= 11 is 5.93. The van der Waals surface area contributed by atoms with Crippen molar-refractivity contribution in [3.05, 3.63) is 68.2 Å². The van der Waals surface area contributed by atoms with Crippen LogP contribution >= 0.6 is 11.6 Å². The SMILES string of the molecule is CC(c1ccc(Cl)cc1)c1cc(C(C)(C)C)cc([N+](=O)[O-])c1N. The van der Waals surface area contributed by atoms with Crippen LogP contribution in [-0.2, 0) is 5.41 Å². The number of hydrogen-bond acceptors (Lipinski definition) is 3. The van der Waals surface area contributed by atoms with E-state index in [1.165, 1.54) is 0 Å². The maximum absolute atomic E-state index is 11.4. The van der Waals surface area contributed by atoms with E-state index < -0.39 is 4.92 Å². The van der Waals surface area contributed by atoms with E-state index in [0.717, 1.165) is 16.7 Å². The van der Waals surface area contributed by atoms with Crippen molar-refractivity contribution >= 4 is 23.0 Å². The second-order valence-corrected chi connectivity index (χ2v) is 7.22. The Morgan fingerprint density at radius 3 is 2.22 bits per heavy atom. The van der Waals surface area contributed by atoms with Gasteiger partial charge in [0.1, 0.15) is 5.69 Å². The molecule has 2 aromatic carbocycles. The molecule has 0 spiro atoms. The van der Waals surface area contributed by atoms with Crippen LogP contribution in [0, 0.1) is 10.1 Å². The van der Waals surface area contributed by atoms with Gasteiger partial charge in [0, 0.05) is 17.0 Å². The van der Waals surface area contributed by atoms with Crippen molar-refractivity contribution in [1.29, 1.82) is 0 Å². The highest BCUT2D eigenvalue weighted by molar-refractivity contribution is 6.30. The Bertz CT molecular complexity index is 734. The zero-order valence-electron chi connectivity index (χ0n) is 13.8. The molecule has 122 valence electrons. The summed E-state index contributed by atoms with van der Waals surface area (Å²) in [6, 6.07) is 11.0. The number of anilines is 1. The van der Waals surface area contributed by atoms with Crippen molar-refractivity contribution in [2.45, 2.75) is 39.0 Å². The monoisotopic (exact) mass is 332 g/mol. The van der Waals surface area contributed by atoms with E-state index in [1.807, 2.05) is 58.0 Å². The van der Waals surface area contributed by atoms with Gasteiger partial charge in [-0.2, -0.15) is 0 Å². The first kappa shape index (κ1) is 17.3. The van der Waals surface area contributed by atoms with E-state index in [1.54, 1.807) is 6.07 Å². The largest absolute Gasteiger partial charge is 0.393 e. The van der Waals surface area contributed by atoms with Gasteiger partial charge in [0.25, 0.3) is 5.69 Å². The predicted octanol–water partition coefficient (Wildman–Crippen LogP) is 5.28. The number of nitrogen functional groups attached to an aromatic ring is 1. The number of hydrogen-bond donors (Lipinski definition) is 1. The first-order chi connectivity index (χ1) is 10.6. The van der Waals surface area contributed by atoms with E-state index >= 15 is 0 Å². The van der Waals surface area contributed by atoms with Crippen LogP contribution in [-0.4, -0.2) is 4.92 Å². The molecule has 4 nitrogen and oxygen atoms in total. The number of halogens is 1. The van der Waals surface area contributed by atoms with Gasteiger partial charge in [-0.15, -0.1) is 0 Å². The molecule has 2 N–H and O–H groups in total. The van der Waals surface area contributed by atoms with Crippen molar-refractivity contribution in [3.63, 3.8) is 0 Å². The molecule has 2 aromatic rings. The summed E-state index contributed by atoms with van der Waals surface area (Å²) in [5, 5.41) is 12.0. The van der Waals surface area contributed by atoms with Crippen molar-refractivity contribution in [3.8, 4) is 0 Å². The second-order valence-electron chi connectivity index (χ2n) is 6.78. The zero-order chi connectivity index (χ0) is 17.4. The van der Waals surface area contributed by atoms with Crippen LogP contribution in [0.25, 0.3) is 0 Å². The molecule has 2 rings (SSSR count). The summed E-state index contributed by atoms with van der Waals surface area (Å²) in [5.74, 6) is -0.0618. The zero-order valence-corrected chi connectivity index (χ0v) is 14.5. The maximum atomic E-state index is 11.4. The van der Waals surface area contributed by atoms with Gasteiger partial charge in [0.15, 0.2) is 0 Å². The Labute approximate surface area is 141 Å². The van der Waals surface area contributed by atoms with Crippen LogP contribution in [0.15, 0.2) is 36.4 Å². The van der Waals surface area contributed by atoms with Gasteiger partial charge in [0.05, 0.1) is 4.92 Å². The van der Waals surface area contributed by atoms with E-state index in [9.17, 15) is 10.1 Å². The molecular weight excluding hydrogens is 312 g/mol. The molecule has 23 heavy (non-hydrogen) atoms. The highest BCUT2D eigenvalue weighted by Crippen LogP contribution is 2.38. The predicted molar refractivity (Wildman–Crippen MR) is 95.2 cm³/mol. The van der Waals surface area contributed by atoms with Crippen LogP contribution < -0.4 is 5.73 Å². The molecular formula is C18H21ClN2O2. The van der Waals surface area contributed by atoms with Gasteiger partial charge in [-0.1, -0.05) is 57.5 Å². The van der Waals surface area contributed by atoms with Crippen molar-refractivity contribution in [2.24, 2.45) is 0 Å². The number of nitro groups is 1. The van der Waals surface area contributed by atoms with E-state index in [-0.39, 0.29) is 22.7 Å². The molecule has 0 aromatic heterocycles. The molecule has 0 aliphatic carbocycles. The summed E-state index contributed by atoms with van der Waals surface area (Å²) in [7, 11) is 0. The van der Waals surface area contributed by atoms with Crippen molar-refractivity contribution in [2.75, 3.05) is 5.73 Å². The number of rotatable bonds is 3. The standard InChI is InChI=1S/C18H21ClN2O2/c1-11(12-5-7-14(19)8-6-12)15-9-13(18(2,3)4)10-16(17(15)20)21(22)23/h5-11H,20H2,1-4H3. The Morgan fingerprint density at radius 1 is 1.17 bits per heavy atom. The molecule has 0 amide bonds. The lowest BCUT2D eigenvalue weighted by Gasteiger charge is -2.23. The van der Waals surface area contributed by atoms with Gasteiger partial charge in [-0.25, -0.2) is 0 Å². The fraction of sp³-hybridized carbons (Fsp3) is 0.333. The average molecular weight is 333 g/mol. The molecule has 5 heteroatoms. The molecule has 0 radical (unpaired) electrons. The third-order valence-corrected chi connectivity index (χ3v) is 4.34. The molecule has 0 bridgehead atoms. The molecule has 0 saturated carbocycles. The number of nitrogens with zero attached hydrogens (tertiary/aromatic N) is 1. The summed E-state index contributed by atoms with van der Waals surface area (Å²) in [4.78, 5) is 11.0. The highest BCUT2D eigenvalue weighted by atomic mass is 35.5. The van der Waals surface area contributed by atoms with E-state index in [2.05, 4.69) is 0 Å². The normalized spacial score (nSPS) is 12.9. The average Bonchev–Trinajstić information content (AvgIpc) is 2.46. The van der Waals surface area contributed by atoms with Crippen LogP contribution in [0.4, 0.5) is 11.4 Å². The van der Waals surface area contributed by atoms with Gasteiger partial charge in [0.2, 0.25) is 0 Å². The number of benzene rings is 2. The molecule has 0 aliphatic heterocycles. The van der Waals surface area contributed by atoms with Gasteiger partial charge in [-0.3, -0.25) is 10.1 Å². The lowest BCUT2D eigenvalue weighted by molar-refractivity contribution is -0.384. The Balaban J connectivity index is 2.62. The molecule has 0 fully saturated rings. The summed E-state index contributed by atoms with van der Waals surface area (Å²) in [6.07, 6.45) is 0. The van der Waals surface area contributed by atoms with E-state index in [4.69, 9.17) is 17.3 Å². The lowest BCUT2D eigenvalue weighted by atomic mass is 9.82. The van der Waals surface area contributed by atoms with Crippen molar-refractivity contribution in [1.82, 2.24) is 0 Å². The number of nitrogens with two attached hydrogens (primary N) is 1. The fourth-order valence-corrected chi connectivity index (χ4v) is 2.66. The minimum absolute atomic E-state index is 0.0340. The maximum Gasteiger partial charge on any atom is 0.292 e. The van der Waals surface area contributed by atoms with Crippen molar-refractivity contribution < 1.29 is 4.92 Å². The molecule has 0 aliphatic rings. The minimum atomic E-state index is -0.414. The quantitative estimate of drug-likeness (QED) is 0.472. The molecule has 0 heterocycles. The summed E-state index contributed by atoms with van der Waals surface area (Å²) in [6.45, 7) is 8.07. The molecule has 0 saturated heterocycles. The first-order valence-corrected chi connectivity index (χ1v) is 7.83. The van der Waals surface area contributed by atoms with Crippen LogP contribution in [0.2, 0.25) is 5.02 Å². The van der Waals surface area contributed by atoms with Gasteiger partial charge >= 0.3 is 0 Å². The molecule has 1 unspecified atom stereocenters. The Hall–Kier alpha value is -2.07. The van der Waals surface area contributed by atoms with Gasteiger partial charge in [-0.05, 0) is 34.2 Å². The number of nitro benzene ring substituents is 1. The lowest BCUT2D eigenvalue weighted by Crippen LogP contribution is -2.14. The molecule has 1 atom stereocenters. The first-order valence-electron chi connectivity index (χ1n) is 7.45. The smallest absolute Gasteiger partial charge is 0.292 e. The topological polar surface area (TPSA) is 69.2 Å². The highest BCUT2D eigenvalue weighted by Gasteiger charge is 2.25. The van der Waals surface area contributed by atoms with Crippen LogP contribution in [0.3, 0.4) is 0 Å². The van der Waals surface area contributed by atoms with Crippen LogP contribution in [0.5, 0.6) is 0 Å². The summed E-state index contributed by atoms with van der Waals surface area (Å²) in [5.41, 5.74) is 8.77. The third-order valence-electron chi connectivity index (χ3n) is 4.09. The fourth-order valence-electron chi connectivity index (χ4n) is 2.53. The second kappa shape index (κ2) is 6.20. The Morgan fingerprint density at radius 2 is 1.74 bits per heavy atom. The van der Waals surface area contributed by atoms with E-state index in [0.29, 0.717) is 5.02 Å². The van der Waals surface area contributed by atoms with Gasteiger partial charge < -0.3 is 5.73 Å². The van der Waals surface area contributed by atoms with Crippen LogP contribution in [0.1, 0.15) is 50.3 Å².